The molecule has 0 saturated heterocycles. The number of nitrogens with one attached hydrogen (secondary N) is 2. The second-order valence-corrected chi connectivity index (χ2v) is 8.56. The van der Waals surface area contributed by atoms with Crippen LogP contribution in [0.25, 0.3) is 0 Å². The first kappa shape index (κ1) is 21.3. The van der Waals surface area contributed by atoms with Crippen molar-refractivity contribution in [2.75, 3.05) is 16.6 Å². The highest BCUT2D eigenvalue weighted by Crippen LogP contribution is 2.25. The monoisotopic (exact) mass is 425 g/mol. The molecule has 1 aromatic heterocycles. The number of nitrogens with zero attached hydrogens (tertiary/aromatic N) is 1. The zero-order valence-electron chi connectivity index (χ0n) is 16.7. The summed E-state index contributed by atoms with van der Waals surface area (Å²) in [6.45, 7) is 3.96. The van der Waals surface area contributed by atoms with E-state index in [-0.39, 0.29) is 29.1 Å². The van der Waals surface area contributed by atoms with Gasteiger partial charge in [0.2, 0.25) is 0 Å². The Balaban J connectivity index is 1.60. The highest BCUT2D eigenvalue weighted by molar-refractivity contribution is 7.92. The first-order valence-electron chi connectivity index (χ1n) is 9.40. The maximum absolute atomic E-state index is 12.4. The summed E-state index contributed by atoms with van der Waals surface area (Å²) < 4.78 is 32.9. The number of hydrogen-bond donors (Lipinski definition) is 2. The van der Waals surface area contributed by atoms with Crippen molar-refractivity contribution in [3.63, 3.8) is 0 Å². The van der Waals surface area contributed by atoms with Gasteiger partial charge >= 0.3 is 0 Å². The number of benzene rings is 2. The Morgan fingerprint density at radius 3 is 2.37 bits per heavy atom. The molecule has 3 rings (SSSR count). The Morgan fingerprint density at radius 1 is 1.00 bits per heavy atom. The number of aromatic nitrogens is 1. The van der Waals surface area contributed by atoms with Crippen molar-refractivity contribution in [3.05, 3.63) is 78.5 Å². The molecule has 0 radical (unpaired) electrons. The lowest BCUT2D eigenvalue weighted by Gasteiger charge is -2.14. The van der Waals surface area contributed by atoms with Gasteiger partial charge in [0.1, 0.15) is 11.6 Å². The standard InChI is InChI=1S/C22H23N3O4S/c1-16(2)19-7-3-4-8-20(19)29-15-22(26)24-17-10-12-18(13-11-17)30(27,28)25-21-9-5-6-14-23-21/h3-14,16H,15H2,1-2H3,(H,23,25)(H,24,26). The number of anilines is 2. The van der Waals surface area contributed by atoms with Crippen molar-refractivity contribution in [2.45, 2.75) is 24.7 Å². The molecule has 0 atom stereocenters. The third-order valence-electron chi connectivity index (χ3n) is 4.25. The van der Waals surface area contributed by atoms with E-state index in [0.717, 1.165) is 5.56 Å². The zero-order valence-corrected chi connectivity index (χ0v) is 17.5. The van der Waals surface area contributed by atoms with E-state index >= 15 is 0 Å². The van der Waals surface area contributed by atoms with Crippen molar-refractivity contribution in [2.24, 2.45) is 0 Å². The summed E-state index contributed by atoms with van der Waals surface area (Å²) in [5, 5.41) is 2.70. The fraction of sp³-hybridized carbons (Fsp3) is 0.182. The molecule has 1 heterocycles. The van der Waals surface area contributed by atoms with Gasteiger partial charge in [-0.05, 0) is 53.9 Å². The minimum absolute atomic E-state index is 0.0632. The van der Waals surface area contributed by atoms with Gasteiger partial charge in [-0.3, -0.25) is 9.52 Å². The number of carbonyl (C=O) groups excluding carboxylic acids is 1. The summed E-state index contributed by atoms with van der Waals surface area (Å²) in [6, 6.07) is 18.4. The Hall–Kier alpha value is -3.39. The summed E-state index contributed by atoms with van der Waals surface area (Å²) in [7, 11) is -3.77. The molecule has 2 N–H and O–H groups in total. The van der Waals surface area contributed by atoms with E-state index in [9.17, 15) is 13.2 Å². The number of amides is 1. The fourth-order valence-corrected chi connectivity index (χ4v) is 3.77. The number of hydrogen-bond acceptors (Lipinski definition) is 5. The molecular formula is C22H23N3O4S. The van der Waals surface area contributed by atoms with Gasteiger partial charge in [-0.25, -0.2) is 13.4 Å². The van der Waals surface area contributed by atoms with Gasteiger partial charge < -0.3 is 10.1 Å². The summed E-state index contributed by atoms with van der Waals surface area (Å²) in [6.07, 6.45) is 1.50. The fourth-order valence-electron chi connectivity index (χ4n) is 2.77. The minimum Gasteiger partial charge on any atom is -0.483 e. The van der Waals surface area contributed by atoms with Gasteiger partial charge in [0.25, 0.3) is 15.9 Å². The van der Waals surface area contributed by atoms with Crippen LogP contribution in [0.5, 0.6) is 5.75 Å². The lowest BCUT2D eigenvalue weighted by Crippen LogP contribution is -2.20. The van der Waals surface area contributed by atoms with Gasteiger partial charge in [-0.2, -0.15) is 0 Å². The normalized spacial score (nSPS) is 11.2. The van der Waals surface area contributed by atoms with Crippen LogP contribution in [0, 0.1) is 0 Å². The van der Waals surface area contributed by atoms with Crippen LogP contribution in [0.3, 0.4) is 0 Å². The SMILES string of the molecule is CC(C)c1ccccc1OCC(=O)Nc1ccc(S(=O)(=O)Nc2ccccn2)cc1. The first-order chi connectivity index (χ1) is 14.3. The molecule has 2 aromatic carbocycles. The molecule has 156 valence electrons. The van der Waals surface area contributed by atoms with E-state index in [1.54, 1.807) is 18.2 Å². The highest BCUT2D eigenvalue weighted by atomic mass is 32.2. The van der Waals surface area contributed by atoms with E-state index in [1.807, 2.05) is 24.3 Å². The van der Waals surface area contributed by atoms with E-state index < -0.39 is 10.0 Å². The molecule has 30 heavy (non-hydrogen) atoms. The molecule has 7 nitrogen and oxygen atoms in total. The van der Waals surface area contributed by atoms with Crippen LogP contribution in [0.4, 0.5) is 11.5 Å². The van der Waals surface area contributed by atoms with Crippen LogP contribution in [-0.4, -0.2) is 25.9 Å². The largest absolute Gasteiger partial charge is 0.483 e. The van der Waals surface area contributed by atoms with E-state index in [2.05, 4.69) is 28.9 Å². The predicted octanol–water partition coefficient (Wildman–Crippen LogP) is 4.02. The van der Waals surface area contributed by atoms with E-state index in [1.165, 1.54) is 30.5 Å². The molecule has 0 spiro atoms. The highest BCUT2D eigenvalue weighted by Gasteiger charge is 2.15. The molecular weight excluding hydrogens is 402 g/mol. The third kappa shape index (κ3) is 5.57. The van der Waals surface area contributed by atoms with Gasteiger partial charge in [0.05, 0.1) is 4.90 Å². The van der Waals surface area contributed by atoms with Crippen molar-refractivity contribution in [3.8, 4) is 5.75 Å². The van der Waals surface area contributed by atoms with E-state index in [4.69, 9.17) is 4.74 Å². The van der Waals surface area contributed by atoms with E-state index in [0.29, 0.717) is 11.4 Å². The smallest absolute Gasteiger partial charge is 0.263 e. The number of ether oxygens (including phenoxy) is 1. The Kier molecular flexibility index (Phi) is 6.68. The Morgan fingerprint density at radius 2 is 1.70 bits per heavy atom. The molecule has 3 aromatic rings. The van der Waals surface area contributed by atoms with Crippen molar-refractivity contribution >= 4 is 27.4 Å². The summed E-state index contributed by atoms with van der Waals surface area (Å²) in [4.78, 5) is 16.2. The number of sulfonamides is 1. The molecule has 0 saturated carbocycles. The number of carbonyl (C=O) groups is 1. The summed E-state index contributed by atoms with van der Waals surface area (Å²) >= 11 is 0. The second kappa shape index (κ2) is 9.41. The Labute approximate surface area is 176 Å². The summed E-state index contributed by atoms with van der Waals surface area (Å²) in [5.74, 6) is 0.840. The number of pyridine rings is 1. The van der Waals surface area contributed by atoms with Crippen molar-refractivity contribution in [1.82, 2.24) is 4.98 Å². The third-order valence-corrected chi connectivity index (χ3v) is 5.62. The van der Waals surface area contributed by atoms with Crippen molar-refractivity contribution in [1.29, 1.82) is 0 Å². The molecule has 0 unspecified atom stereocenters. The van der Waals surface area contributed by atoms with Gasteiger partial charge in [0, 0.05) is 11.9 Å². The number of rotatable bonds is 8. The van der Waals surface area contributed by atoms with Crippen LogP contribution >= 0.6 is 0 Å². The average molecular weight is 426 g/mol. The minimum atomic E-state index is -3.77. The lowest BCUT2D eigenvalue weighted by atomic mass is 10.0. The van der Waals surface area contributed by atoms with Crippen LogP contribution in [0.15, 0.2) is 77.8 Å². The van der Waals surface area contributed by atoms with Gasteiger partial charge in [-0.15, -0.1) is 0 Å². The molecule has 1 amide bonds. The first-order valence-corrected chi connectivity index (χ1v) is 10.9. The lowest BCUT2D eigenvalue weighted by molar-refractivity contribution is -0.118. The molecule has 0 aliphatic carbocycles. The van der Waals surface area contributed by atoms with Gasteiger partial charge in [-0.1, -0.05) is 38.1 Å². The topological polar surface area (TPSA) is 97.4 Å². The zero-order chi connectivity index (χ0) is 21.6. The quantitative estimate of drug-likeness (QED) is 0.568. The van der Waals surface area contributed by atoms with Crippen LogP contribution in [0.1, 0.15) is 25.3 Å². The van der Waals surface area contributed by atoms with Crippen LogP contribution in [-0.2, 0) is 14.8 Å². The van der Waals surface area contributed by atoms with Crippen LogP contribution in [0.2, 0.25) is 0 Å². The second-order valence-electron chi connectivity index (χ2n) is 6.87. The van der Waals surface area contributed by atoms with Crippen molar-refractivity contribution < 1.29 is 17.9 Å². The Bertz CT molecular complexity index is 1100. The average Bonchev–Trinajstić information content (AvgIpc) is 2.73. The number of para-hydroxylation sites is 1. The molecule has 8 heteroatoms. The summed E-state index contributed by atoms with van der Waals surface area (Å²) in [5.41, 5.74) is 1.50. The molecule has 0 aliphatic heterocycles. The van der Waals surface area contributed by atoms with Gasteiger partial charge in [0.15, 0.2) is 6.61 Å². The maximum atomic E-state index is 12.4. The molecule has 0 aliphatic rings. The molecule has 0 bridgehead atoms. The maximum Gasteiger partial charge on any atom is 0.263 e. The van der Waals surface area contributed by atoms with Crippen LogP contribution < -0.4 is 14.8 Å². The predicted molar refractivity (Wildman–Crippen MR) is 116 cm³/mol. The molecule has 0 fully saturated rings.